The summed E-state index contributed by atoms with van der Waals surface area (Å²) in [5, 5.41) is 0. The number of aromatic nitrogens is 2. The van der Waals surface area contributed by atoms with Crippen LogP contribution in [0.1, 0.15) is 63.3 Å². The van der Waals surface area contributed by atoms with E-state index >= 15 is 0 Å². The maximum absolute atomic E-state index is 6.23. The molecule has 0 aliphatic heterocycles. The molecule has 2 aromatic heterocycles. The van der Waals surface area contributed by atoms with Gasteiger partial charge in [-0.05, 0) is 43.4 Å². The van der Waals surface area contributed by atoms with Crippen LogP contribution in [0.5, 0.6) is 11.6 Å². The molecule has 0 amide bonds. The summed E-state index contributed by atoms with van der Waals surface area (Å²) in [4.78, 5) is 9.20. The molecule has 1 aromatic carbocycles. The van der Waals surface area contributed by atoms with Crippen molar-refractivity contribution < 1.29 is 9.47 Å². The van der Waals surface area contributed by atoms with Gasteiger partial charge in [0, 0.05) is 30.1 Å². The van der Waals surface area contributed by atoms with Gasteiger partial charge < -0.3 is 9.47 Å². The summed E-state index contributed by atoms with van der Waals surface area (Å²) < 4.78 is 12.3. The molecule has 3 aromatic rings. The van der Waals surface area contributed by atoms with Gasteiger partial charge in [-0.3, -0.25) is 4.98 Å². The lowest BCUT2D eigenvalue weighted by molar-refractivity contribution is 0.179. The smallest absolute Gasteiger partial charge is 0.213 e. The van der Waals surface area contributed by atoms with Crippen molar-refractivity contribution in [1.82, 2.24) is 9.97 Å². The van der Waals surface area contributed by atoms with E-state index in [1.807, 2.05) is 31.3 Å². The SMILES string of the molecule is CCCC(Oc1ccccn1)c1cnc(-c2c(CC)cccc2CC)cc1OCC. The predicted octanol–water partition coefficient (Wildman–Crippen LogP) is 6.59. The van der Waals surface area contributed by atoms with Gasteiger partial charge in [0.15, 0.2) is 0 Å². The number of pyridine rings is 2. The number of nitrogens with zero attached hydrogens (tertiary/aromatic N) is 2. The molecule has 0 radical (unpaired) electrons. The molecule has 0 fully saturated rings. The lowest BCUT2D eigenvalue weighted by Gasteiger charge is -2.22. The van der Waals surface area contributed by atoms with E-state index < -0.39 is 0 Å². The average Bonchev–Trinajstić information content (AvgIpc) is 2.79. The van der Waals surface area contributed by atoms with E-state index in [1.54, 1.807) is 6.20 Å². The zero-order valence-electron chi connectivity index (χ0n) is 18.5. The molecular weight excluding hydrogens is 372 g/mol. The van der Waals surface area contributed by atoms with Gasteiger partial charge in [0.25, 0.3) is 0 Å². The van der Waals surface area contributed by atoms with Crippen LogP contribution in [0.15, 0.2) is 54.9 Å². The monoisotopic (exact) mass is 404 g/mol. The van der Waals surface area contributed by atoms with Crippen LogP contribution in [0.25, 0.3) is 11.3 Å². The first kappa shape index (κ1) is 21.8. The van der Waals surface area contributed by atoms with Gasteiger partial charge in [-0.15, -0.1) is 0 Å². The first-order chi connectivity index (χ1) is 14.7. The Kier molecular flexibility index (Phi) is 7.83. The van der Waals surface area contributed by atoms with Crippen molar-refractivity contribution in [2.24, 2.45) is 0 Å². The fourth-order valence-electron chi connectivity index (χ4n) is 3.78. The minimum atomic E-state index is -0.153. The number of hydrogen-bond acceptors (Lipinski definition) is 4. The standard InChI is InChI=1S/C26H32N2O2/c1-5-12-23(30-25-15-9-10-16-27-25)21-18-28-22(17-24(21)29-8-4)26-19(6-2)13-11-14-20(26)7-3/h9-11,13-18,23H,5-8,12H2,1-4H3. The molecule has 0 saturated heterocycles. The maximum atomic E-state index is 6.23. The van der Waals surface area contributed by atoms with E-state index in [0.717, 1.165) is 42.7 Å². The van der Waals surface area contributed by atoms with Crippen molar-refractivity contribution in [3.05, 3.63) is 71.5 Å². The molecule has 0 N–H and O–H groups in total. The number of rotatable bonds is 10. The lowest BCUT2D eigenvalue weighted by atomic mass is 9.94. The van der Waals surface area contributed by atoms with E-state index in [0.29, 0.717) is 12.5 Å². The zero-order chi connectivity index (χ0) is 21.3. The Morgan fingerprint density at radius 1 is 0.900 bits per heavy atom. The van der Waals surface area contributed by atoms with Gasteiger partial charge in [0.2, 0.25) is 5.88 Å². The fourth-order valence-corrected chi connectivity index (χ4v) is 3.78. The van der Waals surface area contributed by atoms with E-state index in [-0.39, 0.29) is 6.10 Å². The number of hydrogen-bond donors (Lipinski definition) is 0. The molecule has 1 atom stereocenters. The Bertz CT molecular complexity index is 919. The molecule has 3 rings (SSSR count). The van der Waals surface area contributed by atoms with Crippen LogP contribution in [-0.2, 0) is 12.8 Å². The first-order valence-electron chi connectivity index (χ1n) is 11.0. The third-order valence-electron chi connectivity index (χ3n) is 5.25. The van der Waals surface area contributed by atoms with E-state index in [4.69, 9.17) is 14.5 Å². The van der Waals surface area contributed by atoms with E-state index in [1.165, 1.54) is 16.7 Å². The Hall–Kier alpha value is -2.88. The first-order valence-corrected chi connectivity index (χ1v) is 11.0. The van der Waals surface area contributed by atoms with Crippen LogP contribution in [0.4, 0.5) is 0 Å². The van der Waals surface area contributed by atoms with Crippen molar-refractivity contribution in [1.29, 1.82) is 0 Å². The number of aryl methyl sites for hydroxylation is 2. The van der Waals surface area contributed by atoms with Crippen LogP contribution >= 0.6 is 0 Å². The zero-order valence-corrected chi connectivity index (χ0v) is 18.5. The second kappa shape index (κ2) is 10.8. The summed E-state index contributed by atoms with van der Waals surface area (Å²) in [6.45, 7) is 9.13. The molecule has 0 saturated carbocycles. The van der Waals surface area contributed by atoms with Crippen molar-refractivity contribution in [3.8, 4) is 22.9 Å². The molecule has 0 aliphatic rings. The molecular formula is C26H32N2O2. The largest absolute Gasteiger partial charge is 0.493 e. The van der Waals surface area contributed by atoms with Crippen LogP contribution in [0.3, 0.4) is 0 Å². The highest BCUT2D eigenvalue weighted by atomic mass is 16.5. The fraction of sp³-hybridized carbons (Fsp3) is 0.385. The Morgan fingerprint density at radius 3 is 2.27 bits per heavy atom. The summed E-state index contributed by atoms with van der Waals surface area (Å²) in [7, 11) is 0. The molecule has 158 valence electrons. The lowest BCUT2D eigenvalue weighted by Crippen LogP contribution is -2.11. The van der Waals surface area contributed by atoms with Gasteiger partial charge in [0.1, 0.15) is 11.9 Å². The summed E-state index contributed by atoms with van der Waals surface area (Å²) >= 11 is 0. The van der Waals surface area contributed by atoms with Gasteiger partial charge in [0.05, 0.1) is 17.9 Å². The maximum Gasteiger partial charge on any atom is 0.213 e. The van der Waals surface area contributed by atoms with Crippen LogP contribution < -0.4 is 9.47 Å². The molecule has 4 heteroatoms. The van der Waals surface area contributed by atoms with E-state index in [9.17, 15) is 0 Å². The summed E-state index contributed by atoms with van der Waals surface area (Å²) in [5.41, 5.74) is 5.79. The molecule has 2 heterocycles. The summed E-state index contributed by atoms with van der Waals surface area (Å²) in [6.07, 6.45) is 7.31. The Labute approximate surface area is 180 Å². The highest BCUT2D eigenvalue weighted by Crippen LogP contribution is 2.36. The third-order valence-corrected chi connectivity index (χ3v) is 5.25. The van der Waals surface area contributed by atoms with Gasteiger partial charge >= 0.3 is 0 Å². The summed E-state index contributed by atoms with van der Waals surface area (Å²) in [6, 6.07) is 14.3. The second-order valence-corrected chi connectivity index (χ2v) is 7.26. The van der Waals surface area contributed by atoms with Crippen molar-refractivity contribution in [2.75, 3.05) is 6.61 Å². The topological polar surface area (TPSA) is 44.2 Å². The summed E-state index contributed by atoms with van der Waals surface area (Å²) in [5.74, 6) is 1.46. The Balaban J connectivity index is 2.05. The minimum Gasteiger partial charge on any atom is -0.493 e. The van der Waals surface area contributed by atoms with Gasteiger partial charge in [-0.1, -0.05) is 51.5 Å². The van der Waals surface area contributed by atoms with Gasteiger partial charge in [-0.2, -0.15) is 0 Å². The predicted molar refractivity (Wildman–Crippen MR) is 122 cm³/mol. The normalized spacial score (nSPS) is 11.9. The Morgan fingerprint density at radius 2 is 1.67 bits per heavy atom. The highest BCUT2D eigenvalue weighted by Gasteiger charge is 2.21. The molecule has 0 bridgehead atoms. The minimum absolute atomic E-state index is 0.153. The molecule has 0 aliphatic carbocycles. The van der Waals surface area contributed by atoms with Crippen LogP contribution in [-0.4, -0.2) is 16.6 Å². The average molecular weight is 405 g/mol. The van der Waals surface area contributed by atoms with Crippen molar-refractivity contribution in [3.63, 3.8) is 0 Å². The molecule has 30 heavy (non-hydrogen) atoms. The van der Waals surface area contributed by atoms with E-state index in [2.05, 4.69) is 50.0 Å². The van der Waals surface area contributed by atoms with Crippen molar-refractivity contribution in [2.45, 2.75) is 59.5 Å². The molecule has 4 nitrogen and oxygen atoms in total. The van der Waals surface area contributed by atoms with Gasteiger partial charge in [-0.25, -0.2) is 4.98 Å². The number of ether oxygens (including phenoxy) is 2. The van der Waals surface area contributed by atoms with Crippen molar-refractivity contribution >= 4 is 0 Å². The van der Waals surface area contributed by atoms with Crippen LogP contribution in [0, 0.1) is 0 Å². The third kappa shape index (κ3) is 4.99. The molecule has 0 spiro atoms. The van der Waals surface area contributed by atoms with Crippen LogP contribution in [0.2, 0.25) is 0 Å². The quantitative estimate of drug-likeness (QED) is 0.382. The molecule has 1 unspecified atom stereocenters. The number of benzene rings is 1. The highest BCUT2D eigenvalue weighted by molar-refractivity contribution is 5.69. The second-order valence-electron chi connectivity index (χ2n) is 7.26.